The van der Waals surface area contributed by atoms with Gasteiger partial charge in [-0.25, -0.2) is 0 Å². The minimum atomic E-state index is -0.0856. The molecule has 0 saturated carbocycles. The fourth-order valence-corrected chi connectivity index (χ4v) is 4.00. The predicted octanol–water partition coefficient (Wildman–Crippen LogP) is 3.91. The van der Waals surface area contributed by atoms with Crippen molar-refractivity contribution in [3.63, 3.8) is 0 Å². The van der Waals surface area contributed by atoms with Crippen LogP contribution in [0.1, 0.15) is 24.0 Å². The molecule has 2 heterocycles. The standard InChI is InChI=1S/C23H25ClN2O3/c24-20-14-18(15-21-23(20)29-13-12-28-21)6-7-22(27)25-19-8-10-26(11-9-19)16-17-4-2-1-3-5-17/h1-7,14-15,19H,8-13,16H2,(H,25,27)/b7-6+. The molecule has 0 atom stereocenters. The monoisotopic (exact) mass is 412 g/mol. The maximum Gasteiger partial charge on any atom is 0.244 e. The highest BCUT2D eigenvalue weighted by atomic mass is 35.5. The maximum atomic E-state index is 12.3. The Kier molecular flexibility index (Phi) is 6.37. The second kappa shape index (κ2) is 9.33. The fraction of sp³-hybridized carbons (Fsp3) is 0.348. The molecule has 1 saturated heterocycles. The quantitative estimate of drug-likeness (QED) is 0.756. The molecule has 0 aliphatic carbocycles. The van der Waals surface area contributed by atoms with Crippen molar-refractivity contribution in [1.82, 2.24) is 10.2 Å². The molecular formula is C23H25ClN2O3. The first-order valence-electron chi connectivity index (χ1n) is 10.0. The summed E-state index contributed by atoms with van der Waals surface area (Å²) in [6.07, 6.45) is 5.23. The number of carbonyl (C=O) groups excluding carboxylic acids is 1. The Morgan fingerprint density at radius 2 is 1.90 bits per heavy atom. The molecule has 0 bridgehead atoms. The number of fused-ring (bicyclic) bond motifs is 1. The van der Waals surface area contributed by atoms with Gasteiger partial charge in [0.25, 0.3) is 0 Å². The maximum absolute atomic E-state index is 12.3. The van der Waals surface area contributed by atoms with Gasteiger partial charge in [-0.3, -0.25) is 9.69 Å². The molecule has 0 spiro atoms. The van der Waals surface area contributed by atoms with E-state index in [4.69, 9.17) is 21.1 Å². The average Bonchev–Trinajstić information content (AvgIpc) is 2.74. The van der Waals surface area contributed by atoms with Gasteiger partial charge in [0.05, 0.1) is 5.02 Å². The molecule has 0 aromatic heterocycles. The van der Waals surface area contributed by atoms with Gasteiger partial charge < -0.3 is 14.8 Å². The van der Waals surface area contributed by atoms with Gasteiger partial charge in [0.2, 0.25) is 5.91 Å². The molecule has 2 aliphatic rings. The molecular weight excluding hydrogens is 388 g/mol. The van der Waals surface area contributed by atoms with Crippen LogP contribution in [-0.4, -0.2) is 43.2 Å². The Labute approximate surface area is 176 Å². The number of amides is 1. The Morgan fingerprint density at radius 3 is 2.69 bits per heavy atom. The summed E-state index contributed by atoms with van der Waals surface area (Å²) in [5, 5.41) is 3.60. The number of hydrogen-bond donors (Lipinski definition) is 1. The summed E-state index contributed by atoms with van der Waals surface area (Å²) >= 11 is 6.25. The molecule has 4 rings (SSSR count). The van der Waals surface area contributed by atoms with Crippen LogP contribution >= 0.6 is 11.6 Å². The number of rotatable bonds is 5. The van der Waals surface area contributed by atoms with Crippen LogP contribution < -0.4 is 14.8 Å². The zero-order valence-corrected chi connectivity index (χ0v) is 17.0. The van der Waals surface area contributed by atoms with E-state index in [0.29, 0.717) is 29.7 Å². The SMILES string of the molecule is O=C(/C=C/c1cc(Cl)c2c(c1)OCCO2)NC1CCN(Cc2ccccc2)CC1. The van der Waals surface area contributed by atoms with Crippen molar-refractivity contribution < 1.29 is 14.3 Å². The van der Waals surface area contributed by atoms with E-state index in [9.17, 15) is 4.79 Å². The number of nitrogens with one attached hydrogen (secondary N) is 1. The number of hydrogen-bond acceptors (Lipinski definition) is 4. The molecule has 0 unspecified atom stereocenters. The molecule has 1 fully saturated rings. The number of likely N-dealkylation sites (tertiary alicyclic amines) is 1. The lowest BCUT2D eigenvalue weighted by Crippen LogP contribution is -2.43. The Balaban J connectivity index is 1.27. The number of piperidine rings is 1. The molecule has 1 amide bonds. The third-order valence-corrected chi connectivity index (χ3v) is 5.51. The number of carbonyl (C=O) groups is 1. The molecule has 2 aromatic carbocycles. The van der Waals surface area contributed by atoms with Crippen LogP contribution in [0, 0.1) is 0 Å². The van der Waals surface area contributed by atoms with Gasteiger partial charge >= 0.3 is 0 Å². The Bertz CT molecular complexity index is 877. The van der Waals surface area contributed by atoms with Gasteiger partial charge in [0, 0.05) is 31.8 Å². The highest BCUT2D eigenvalue weighted by Crippen LogP contribution is 2.38. The van der Waals surface area contributed by atoms with Crippen LogP contribution in [0.3, 0.4) is 0 Å². The summed E-state index contributed by atoms with van der Waals surface area (Å²) in [5.74, 6) is 1.11. The van der Waals surface area contributed by atoms with E-state index < -0.39 is 0 Å². The predicted molar refractivity (Wildman–Crippen MR) is 114 cm³/mol. The lowest BCUT2D eigenvalue weighted by Gasteiger charge is -2.32. The van der Waals surface area contributed by atoms with Gasteiger partial charge in [-0.15, -0.1) is 0 Å². The van der Waals surface area contributed by atoms with E-state index >= 15 is 0 Å². The largest absolute Gasteiger partial charge is 0.486 e. The lowest BCUT2D eigenvalue weighted by atomic mass is 10.0. The summed E-state index contributed by atoms with van der Waals surface area (Å²) in [6.45, 7) is 3.93. The zero-order valence-electron chi connectivity index (χ0n) is 16.3. The number of benzene rings is 2. The lowest BCUT2D eigenvalue weighted by molar-refractivity contribution is -0.117. The van der Waals surface area contributed by atoms with E-state index in [0.717, 1.165) is 38.0 Å². The summed E-state index contributed by atoms with van der Waals surface area (Å²) in [5.41, 5.74) is 2.14. The first-order valence-corrected chi connectivity index (χ1v) is 10.4. The van der Waals surface area contributed by atoms with Crippen LogP contribution in [-0.2, 0) is 11.3 Å². The summed E-state index contributed by atoms with van der Waals surface area (Å²) in [6, 6.07) is 14.3. The van der Waals surface area contributed by atoms with Crippen LogP contribution in [0.15, 0.2) is 48.5 Å². The summed E-state index contributed by atoms with van der Waals surface area (Å²) < 4.78 is 11.1. The van der Waals surface area contributed by atoms with Crippen molar-refractivity contribution in [1.29, 1.82) is 0 Å². The van der Waals surface area contributed by atoms with Crippen LogP contribution in [0.5, 0.6) is 11.5 Å². The molecule has 1 N–H and O–H groups in total. The molecule has 152 valence electrons. The van der Waals surface area contributed by atoms with Crippen molar-refractivity contribution in [2.45, 2.75) is 25.4 Å². The van der Waals surface area contributed by atoms with Gasteiger partial charge in [0.15, 0.2) is 11.5 Å². The third kappa shape index (κ3) is 5.31. The summed E-state index contributed by atoms with van der Waals surface area (Å²) in [4.78, 5) is 14.8. The van der Waals surface area contributed by atoms with E-state index in [1.54, 1.807) is 18.2 Å². The molecule has 5 nitrogen and oxygen atoms in total. The second-order valence-electron chi connectivity index (χ2n) is 7.40. The van der Waals surface area contributed by atoms with Crippen molar-refractivity contribution in [2.75, 3.05) is 26.3 Å². The first-order chi connectivity index (χ1) is 14.2. The van der Waals surface area contributed by atoms with E-state index in [2.05, 4.69) is 34.5 Å². The average molecular weight is 413 g/mol. The number of halogens is 1. The minimum absolute atomic E-state index is 0.0856. The normalized spacial score (nSPS) is 17.4. The summed E-state index contributed by atoms with van der Waals surface area (Å²) in [7, 11) is 0. The van der Waals surface area contributed by atoms with Crippen molar-refractivity contribution in [3.05, 3.63) is 64.7 Å². The second-order valence-corrected chi connectivity index (χ2v) is 7.81. The Hall–Kier alpha value is -2.50. The number of ether oxygens (including phenoxy) is 2. The smallest absolute Gasteiger partial charge is 0.244 e. The van der Waals surface area contributed by atoms with Gasteiger partial charge in [-0.05, 0) is 42.2 Å². The molecule has 2 aromatic rings. The van der Waals surface area contributed by atoms with E-state index in [-0.39, 0.29) is 11.9 Å². The zero-order chi connectivity index (χ0) is 20.1. The minimum Gasteiger partial charge on any atom is -0.486 e. The topological polar surface area (TPSA) is 50.8 Å². The third-order valence-electron chi connectivity index (χ3n) is 5.23. The number of nitrogens with zero attached hydrogens (tertiary/aromatic N) is 1. The van der Waals surface area contributed by atoms with Gasteiger partial charge in [0.1, 0.15) is 13.2 Å². The van der Waals surface area contributed by atoms with Gasteiger partial charge in [-0.2, -0.15) is 0 Å². The molecule has 29 heavy (non-hydrogen) atoms. The molecule has 0 radical (unpaired) electrons. The highest BCUT2D eigenvalue weighted by Gasteiger charge is 2.20. The van der Waals surface area contributed by atoms with Crippen LogP contribution in [0.4, 0.5) is 0 Å². The molecule has 2 aliphatic heterocycles. The van der Waals surface area contributed by atoms with Crippen molar-refractivity contribution in [3.8, 4) is 11.5 Å². The van der Waals surface area contributed by atoms with Gasteiger partial charge in [-0.1, -0.05) is 41.9 Å². The van der Waals surface area contributed by atoms with Crippen LogP contribution in [0.2, 0.25) is 5.02 Å². The molecule has 6 heteroatoms. The Morgan fingerprint density at radius 1 is 1.14 bits per heavy atom. The van der Waals surface area contributed by atoms with E-state index in [1.807, 2.05) is 12.1 Å². The fourth-order valence-electron chi connectivity index (χ4n) is 3.73. The van der Waals surface area contributed by atoms with Crippen LogP contribution in [0.25, 0.3) is 6.08 Å². The van der Waals surface area contributed by atoms with Crippen molar-refractivity contribution >= 4 is 23.6 Å². The van der Waals surface area contributed by atoms with Crippen molar-refractivity contribution in [2.24, 2.45) is 0 Å². The van der Waals surface area contributed by atoms with E-state index in [1.165, 1.54) is 5.56 Å². The first kappa shape index (κ1) is 19.8. The highest BCUT2D eigenvalue weighted by molar-refractivity contribution is 6.32.